The van der Waals surface area contributed by atoms with Crippen molar-refractivity contribution in [1.82, 2.24) is 5.09 Å². The van der Waals surface area contributed by atoms with Crippen LogP contribution in [0.15, 0.2) is 0 Å². The maximum atomic E-state index is 11.8. The molecule has 0 rings (SSSR count). The Labute approximate surface area is 42.2 Å². The van der Waals surface area contributed by atoms with Crippen LogP contribution in [0.1, 0.15) is 6.92 Å². The molecule has 44 valence electrons. The summed E-state index contributed by atoms with van der Waals surface area (Å²) < 4.78 is 11.8. The van der Waals surface area contributed by atoms with Crippen molar-refractivity contribution < 1.29 is 4.20 Å². The number of nitrogens with one attached hydrogen (secondary N) is 2. The van der Waals surface area contributed by atoms with E-state index < -0.39 is 7.67 Å². The SMILES string of the molecule is CCNP(=N)(N)F. The zero-order valence-corrected chi connectivity index (χ0v) is 5.00. The van der Waals surface area contributed by atoms with Crippen molar-refractivity contribution in [1.29, 1.82) is 5.16 Å². The molecule has 0 spiro atoms. The minimum Gasteiger partial charge on any atom is -0.263 e. The van der Waals surface area contributed by atoms with E-state index in [4.69, 9.17) is 5.16 Å². The first-order valence-electron chi connectivity index (χ1n) is 1.94. The summed E-state index contributed by atoms with van der Waals surface area (Å²) in [5, 5.41) is 8.62. The fraction of sp³-hybridized carbons (Fsp3) is 1.00. The Balaban J connectivity index is 3.36. The third kappa shape index (κ3) is 6.08. The lowest BCUT2D eigenvalue weighted by Gasteiger charge is -2.02. The summed E-state index contributed by atoms with van der Waals surface area (Å²) in [6, 6.07) is 0. The van der Waals surface area contributed by atoms with Crippen molar-refractivity contribution in [2.45, 2.75) is 6.92 Å². The molecule has 0 heterocycles. The molecule has 0 saturated heterocycles. The van der Waals surface area contributed by atoms with Crippen molar-refractivity contribution in [2.75, 3.05) is 6.54 Å². The van der Waals surface area contributed by atoms with Crippen molar-refractivity contribution >= 4 is 7.67 Å². The minimum absolute atomic E-state index is 0.421. The molecule has 0 aromatic carbocycles. The van der Waals surface area contributed by atoms with E-state index in [9.17, 15) is 4.20 Å². The topological polar surface area (TPSA) is 61.9 Å². The van der Waals surface area contributed by atoms with Gasteiger partial charge >= 0.3 is 0 Å². The molecule has 0 aliphatic heterocycles. The molecule has 0 aliphatic rings. The third-order valence-corrected chi connectivity index (χ3v) is 1.16. The first kappa shape index (κ1) is 7.08. The van der Waals surface area contributed by atoms with Gasteiger partial charge in [-0.25, -0.2) is 5.09 Å². The second-order valence-electron chi connectivity index (χ2n) is 1.15. The normalized spacial score (nSPS) is 18.7. The highest BCUT2D eigenvalue weighted by Crippen LogP contribution is 2.31. The van der Waals surface area contributed by atoms with E-state index in [1.807, 2.05) is 0 Å². The van der Waals surface area contributed by atoms with Crippen molar-refractivity contribution in [3.8, 4) is 0 Å². The Hall–Kier alpha value is 0.0800. The molecule has 1 atom stereocenters. The van der Waals surface area contributed by atoms with Gasteiger partial charge in [-0.05, 0) is 0 Å². The van der Waals surface area contributed by atoms with Crippen LogP contribution in [0, 0.1) is 5.16 Å². The van der Waals surface area contributed by atoms with Crippen LogP contribution in [-0.4, -0.2) is 6.54 Å². The van der Waals surface area contributed by atoms with Crippen LogP contribution in [0.5, 0.6) is 0 Å². The average Bonchev–Trinajstić information content (AvgIpc) is 1.30. The largest absolute Gasteiger partial charge is 0.263 e. The summed E-state index contributed by atoms with van der Waals surface area (Å²) in [5.41, 5.74) is 4.65. The van der Waals surface area contributed by atoms with Gasteiger partial charge in [-0.3, -0.25) is 10.7 Å². The fourth-order valence-corrected chi connectivity index (χ4v) is 0.690. The molecule has 0 aromatic heterocycles. The van der Waals surface area contributed by atoms with Crippen LogP contribution >= 0.6 is 7.67 Å². The molecular weight excluding hydrogens is 116 g/mol. The van der Waals surface area contributed by atoms with E-state index in [0.29, 0.717) is 6.54 Å². The Morgan fingerprint density at radius 2 is 2.43 bits per heavy atom. The number of hydrogen-bond acceptors (Lipinski definition) is 1. The minimum atomic E-state index is -3.42. The molecule has 5 heteroatoms. The summed E-state index contributed by atoms with van der Waals surface area (Å²) in [5.74, 6) is 0. The van der Waals surface area contributed by atoms with E-state index >= 15 is 0 Å². The lowest BCUT2D eigenvalue weighted by Crippen LogP contribution is -2.10. The van der Waals surface area contributed by atoms with Crippen LogP contribution in [0.2, 0.25) is 0 Å². The van der Waals surface area contributed by atoms with E-state index in [0.717, 1.165) is 0 Å². The number of halogens is 1. The summed E-state index contributed by atoms with van der Waals surface area (Å²) in [6.07, 6.45) is 0. The van der Waals surface area contributed by atoms with Gasteiger partial charge in [0.2, 0.25) is 0 Å². The monoisotopic (exact) mass is 125 g/mol. The van der Waals surface area contributed by atoms with Gasteiger partial charge in [0.05, 0.1) is 0 Å². The predicted octanol–water partition coefficient (Wildman–Crippen LogP) is 1.05. The Morgan fingerprint density at radius 3 is 2.43 bits per heavy atom. The molecule has 0 saturated carbocycles. The lowest BCUT2D eigenvalue weighted by atomic mass is 10.8. The molecule has 0 amide bonds. The van der Waals surface area contributed by atoms with Gasteiger partial charge in [0, 0.05) is 6.54 Å². The number of rotatable bonds is 2. The van der Waals surface area contributed by atoms with Gasteiger partial charge < -0.3 is 0 Å². The quantitative estimate of drug-likeness (QED) is 0.483. The van der Waals surface area contributed by atoms with Crippen molar-refractivity contribution in [3.63, 3.8) is 0 Å². The van der Waals surface area contributed by atoms with Gasteiger partial charge in [-0.15, -0.1) is 0 Å². The summed E-state index contributed by atoms with van der Waals surface area (Å²) in [4.78, 5) is 0. The zero-order chi connectivity index (χ0) is 5.91. The van der Waals surface area contributed by atoms with Crippen LogP contribution in [-0.2, 0) is 0 Å². The third-order valence-electron chi connectivity index (χ3n) is 0.388. The van der Waals surface area contributed by atoms with Crippen LogP contribution in [0.3, 0.4) is 0 Å². The number of nitrogens with two attached hydrogens (primary N) is 1. The fourth-order valence-electron chi connectivity index (χ4n) is 0.230. The van der Waals surface area contributed by atoms with Crippen LogP contribution < -0.4 is 10.6 Å². The second kappa shape index (κ2) is 2.40. The van der Waals surface area contributed by atoms with Crippen molar-refractivity contribution in [3.05, 3.63) is 0 Å². The van der Waals surface area contributed by atoms with Crippen LogP contribution in [0.4, 0.5) is 4.20 Å². The molecular formula is C2H9FN3P. The predicted molar refractivity (Wildman–Crippen MR) is 28.6 cm³/mol. The molecule has 1 unspecified atom stereocenters. The molecule has 0 aromatic rings. The van der Waals surface area contributed by atoms with Gasteiger partial charge in [0.15, 0.2) is 0 Å². The highest BCUT2D eigenvalue weighted by molar-refractivity contribution is 7.55. The second-order valence-corrected chi connectivity index (χ2v) is 2.74. The first-order chi connectivity index (χ1) is 3.06. The molecule has 0 fully saturated rings. The molecule has 0 aliphatic carbocycles. The molecule has 0 bridgehead atoms. The highest BCUT2D eigenvalue weighted by Gasteiger charge is 2.01. The van der Waals surface area contributed by atoms with Gasteiger partial charge in [0.1, 0.15) is 0 Å². The first-order valence-corrected chi connectivity index (χ1v) is 3.68. The van der Waals surface area contributed by atoms with Crippen molar-refractivity contribution in [2.24, 2.45) is 5.50 Å². The maximum absolute atomic E-state index is 11.8. The van der Waals surface area contributed by atoms with Gasteiger partial charge in [-0.1, -0.05) is 6.92 Å². The molecule has 0 radical (unpaired) electrons. The van der Waals surface area contributed by atoms with Gasteiger partial charge in [-0.2, -0.15) is 4.20 Å². The Kier molecular flexibility index (Phi) is 2.43. The molecule has 3 nitrogen and oxygen atoms in total. The van der Waals surface area contributed by atoms with E-state index in [-0.39, 0.29) is 0 Å². The van der Waals surface area contributed by atoms with Gasteiger partial charge in [0.25, 0.3) is 7.67 Å². The number of hydrogen-bond donors (Lipinski definition) is 3. The van der Waals surface area contributed by atoms with E-state index in [1.165, 1.54) is 0 Å². The summed E-state index contributed by atoms with van der Waals surface area (Å²) in [7, 11) is -3.42. The summed E-state index contributed by atoms with van der Waals surface area (Å²) >= 11 is 0. The standard InChI is InChI=1S/C2H9FN3P/c1-2-6-7(3,4)5/h2H2,1H3,(H4,4,5,6). The lowest BCUT2D eigenvalue weighted by molar-refractivity contribution is 0.808. The zero-order valence-electron chi connectivity index (χ0n) is 4.11. The van der Waals surface area contributed by atoms with Crippen LogP contribution in [0.25, 0.3) is 0 Å². The van der Waals surface area contributed by atoms with E-state index in [2.05, 4.69) is 10.6 Å². The molecule has 7 heavy (non-hydrogen) atoms. The smallest absolute Gasteiger partial charge is 0.258 e. The van der Waals surface area contributed by atoms with E-state index in [1.54, 1.807) is 6.92 Å². The average molecular weight is 125 g/mol. The summed E-state index contributed by atoms with van der Waals surface area (Å²) in [6.45, 7) is 2.13. The maximum Gasteiger partial charge on any atom is 0.258 e. The highest BCUT2D eigenvalue weighted by atomic mass is 31.2. The molecule has 4 N–H and O–H groups in total. The Morgan fingerprint density at radius 1 is 2.00 bits per heavy atom. The Bertz CT molecular complexity index is 86.9.